The molecule has 2 nitrogen and oxygen atoms in total. The van der Waals surface area contributed by atoms with E-state index in [0.29, 0.717) is 33.5 Å². The lowest BCUT2D eigenvalue weighted by Gasteiger charge is -2.20. The summed E-state index contributed by atoms with van der Waals surface area (Å²) in [6.45, 7) is 1.75. The van der Waals surface area contributed by atoms with Crippen molar-refractivity contribution in [2.45, 2.75) is 13.0 Å². The molecule has 11 heteroatoms. The summed E-state index contributed by atoms with van der Waals surface area (Å²) in [7, 11) is 0. The SMILES string of the molecule is Cc1ccc(-c2ccc3nc(-c4cc(F)c(C(F)(F)Oc5cc(F)c(F)c(F)c5)c(F)c4)sc3c2)c(F)c1. The highest BCUT2D eigenvalue weighted by Gasteiger charge is 2.41. The van der Waals surface area contributed by atoms with E-state index in [9.17, 15) is 35.1 Å². The molecular formula is C27H13F8NOS. The summed E-state index contributed by atoms with van der Waals surface area (Å²) in [5, 5.41) is 0.0952. The van der Waals surface area contributed by atoms with Gasteiger partial charge in [-0.15, -0.1) is 11.3 Å². The first-order valence-electron chi connectivity index (χ1n) is 10.8. The predicted molar refractivity (Wildman–Crippen MR) is 126 cm³/mol. The highest BCUT2D eigenvalue weighted by atomic mass is 32.1. The largest absolute Gasteiger partial charge is 0.432 e. The zero-order chi connectivity index (χ0) is 27.4. The fourth-order valence-corrected chi connectivity index (χ4v) is 4.83. The molecule has 5 aromatic rings. The molecule has 0 aliphatic rings. The van der Waals surface area contributed by atoms with Gasteiger partial charge >= 0.3 is 6.11 Å². The zero-order valence-corrected chi connectivity index (χ0v) is 19.9. The molecule has 0 aliphatic heterocycles. The molecule has 0 N–H and O–H groups in total. The van der Waals surface area contributed by atoms with Crippen LogP contribution in [0.25, 0.3) is 31.9 Å². The fraction of sp³-hybridized carbons (Fsp3) is 0.0741. The molecule has 0 bridgehead atoms. The Labute approximate surface area is 213 Å². The van der Waals surface area contributed by atoms with E-state index in [2.05, 4.69) is 9.72 Å². The van der Waals surface area contributed by atoms with Crippen molar-refractivity contribution >= 4 is 21.6 Å². The first-order valence-corrected chi connectivity index (χ1v) is 11.6. The Morgan fingerprint density at radius 1 is 0.711 bits per heavy atom. The van der Waals surface area contributed by atoms with Crippen molar-refractivity contribution in [1.29, 1.82) is 0 Å². The second-order valence-corrected chi connectivity index (χ2v) is 9.35. The van der Waals surface area contributed by atoms with Crippen LogP contribution in [0, 0.1) is 41.8 Å². The highest BCUT2D eigenvalue weighted by molar-refractivity contribution is 7.21. The van der Waals surface area contributed by atoms with Crippen LogP contribution in [0.5, 0.6) is 5.75 Å². The molecule has 0 spiro atoms. The van der Waals surface area contributed by atoms with Crippen LogP contribution in [-0.4, -0.2) is 4.98 Å². The van der Waals surface area contributed by atoms with Crippen LogP contribution in [0.3, 0.4) is 0 Å². The lowest BCUT2D eigenvalue weighted by atomic mass is 10.0. The van der Waals surface area contributed by atoms with Gasteiger partial charge in [-0.25, -0.2) is 31.3 Å². The van der Waals surface area contributed by atoms with E-state index in [0.717, 1.165) is 16.9 Å². The van der Waals surface area contributed by atoms with E-state index in [1.165, 1.54) is 6.07 Å². The van der Waals surface area contributed by atoms with Gasteiger partial charge in [-0.05, 0) is 48.4 Å². The van der Waals surface area contributed by atoms with Crippen LogP contribution < -0.4 is 4.74 Å². The number of nitrogens with zero attached hydrogens (tertiary/aromatic N) is 1. The quantitative estimate of drug-likeness (QED) is 0.161. The van der Waals surface area contributed by atoms with Crippen LogP contribution >= 0.6 is 11.3 Å². The van der Waals surface area contributed by atoms with Crippen molar-refractivity contribution in [3.63, 3.8) is 0 Å². The van der Waals surface area contributed by atoms with Crippen molar-refractivity contribution in [3.05, 3.63) is 107 Å². The van der Waals surface area contributed by atoms with Gasteiger partial charge in [0.2, 0.25) is 0 Å². The number of aryl methyl sites for hydroxylation is 1. The number of hydrogen-bond donors (Lipinski definition) is 0. The van der Waals surface area contributed by atoms with Crippen LogP contribution in [0.1, 0.15) is 11.1 Å². The second-order valence-electron chi connectivity index (χ2n) is 8.32. The summed E-state index contributed by atoms with van der Waals surface area (Å²) >= 11 is 1.00. The third-order valence-electron chi connectivity index (χ3n) is 5.61. The van der Waals surface area contributed by atoms with Crippen LogP contribution in [-0.2, 0) is 6.11 Å². The van der Waals surface area contributed by atoms with Crippen molar-refractivity contribution in [2.75, 3.05) is 0 Å². The molecule has 5 rings (SSSR count). The predicted octanol–water partition coefficient (Wildman–Crippen LogP) is 8.90. The van der Waals surface area contributed by atoms with Gasteiger partial charge in [0, 0.05) is 23.3 Å². The van der Waals surface area contributed by atoms with E-state index in [4.69, 9.17) is 0 Å². The molecule has 0 saturated heterocycles. The minimum atomic E-state index is -4.70. The maximum absolute atomic E-state index is 14.8. The standard InChI is InChI=1S/C27H13F8NOS/c1-12-2-4-16(17(28)6-12)13-3-5-22-23(9-13)38-26(36-22)14-7-18(29)24(19(30)8-14)27(34,35)37-15-10-20(31)25(33)21(32)11-15/h2-11H,1H3. The molecule has 0 amide bonds. The topological polar surface area (TPSA) is 22.1 Å². The average Bonchev–Trinajstić information content (AvgIpc) is 3.25. The van der Waals surface area contributed by atoms with Gasteiger partial charge in [0.15, 0.2) is 17.5 Å². The maximum Gasteiger partial charge on any atom is 0.432 e. The number of halogens is 8. The lowest BCUT2D eigenvalue weighted by Crippen LogP contribution is -2.25. The first-order chi connectivity index (χ1) is 17.9. The zero-order valence-electron chi connectivity index (χ0n) is 19.1. The minimum Gasteiger partial charge on any atom is -0.429 e. The number of thiazole rings is 1. The molecule has 1 heterocycles. The Balaban J connectivity index is 1.49. The van der Waals surface area contributed by atoms with Gasteiger partial charge in [0.1, 0.15) is 33.8 Å². The molecule has 0 unspecified atom stereocenters. The molecule has 4 aromatic carbocycles. The van der Waals surface area contributed by atoms with Crippen LogP contribution in [0.15, 0.2) is 60.7 Å². The van der Waals surface area contributed by atoms with E-state index in [1.54, 1.807) is 37.3 Å². The third-order valence-corrected chi connectivity index (χ3v) is 6.67. The smallest absolute Gasteiger partial charge is 0.429 e. The number of benzene rings is 4. The van der Waals surface area contributed by atoms with E-state index in [-0.39, 0.29) is 22.7 Å². The van der Waals surface area contributed by atoms with Gasteiger partial charge in [-0.1, -0.05) is 18.2 Å². The summed E-state index contributed by atoms with van der Waals surface area (Å²) in [6.07, 6.45) is -4.70. The minimum absolute atomic E-state index is 0.0952. The molecule has 1 aromatic heterocycles. The lowest BCUT2D eigenvalue weighted by molar-refractivity contribution is -0.189. The summed E-state index contributed by atoms with van der Waals surface area (Å²) < 4.78 is 118. The van der Waals surface area contributed by atoms with Crippen LogP contribution in [0.2, 0.25) is 0 Å². The van der Waals surface area contributed by atoms with E-state index >= 15 is 0 Å². The van der Waals surface area contributed by atoms with Crippen molar-refractivity contribution < 1.29 is 39.9 Å². The first kappa shape index (κ1) is 25.7. The van der Waals surface area contributed by atoms with Crippen molar-refractivity contribution in [2.24, 2.45) is 0 Å². The number of aromatic nitrogens is 1. The van der Waals surface area contributed by atoms with Gasteiger partial charge in [0.05, 0.1) is 10.2 Å². The Morgan fingerprint density at radius 3 is 2.00 bits per heavy atom. The molecule has 0 radical (unpaired) electrons. The average molecular weight is 551 g/mol. The monoisotopic (exact) mass is 551 g/mol. The van der Waals surface area contributed by atoms with Gasteiger partial charge in [0.25, 0.3) is 0 Å². The Kier molecular flexibility index (Phi) is 6.34. The Bertz CT molecular complexity index is 1670. The molecule has 38 heavy (non-hydrogen) atoms. The van der Waals surface area contributed by atoms with E-state index in [1.807, 2.05) is 0 Å². The highest BCUT2D eigenvalue weighted by Crippen LogP contribution is 2.39. The third kappa shape index (κ3) is 4.69. The Hall–Kier alpha value is -3.99. The summed E-state index contributed by atoms with van der Waals surface area (Å²) in [5.74, 6) is -10.6. The second kappa shape index (κ2) is 9.39. The number of hydrogen-bond acceptors (Lipinski definition) is 3. The van der Waals surface area contributed by atoms with Crippen molar-refractivity contribution in [1.82, 2.24) is 4.98 Å². The summed E-state index contributed by atoms with van der Waals surface area (Å²) in [4.78, 5) is 4.28. The number of alkyl halides is 2. The number of ether oxygens (including phenoxy) is 1. The van der Waals surface area contributed by atoms with Gasteiger partial charge in [-0.3, -0.25) is 0 Å². The normalized spacial score (nSPS) is 11.8. The summed E-state index contributed by atoms with van der Waals surface area (Å²) in [5.41, 5.74) is 0.0841. The molecule has 0 atom stereocenters. The van der Waals surface area contributed by atoms with Crippen molar-refractivity contribution in [3.8, 4) is 27.4 Å². The molecule has 0 saturated carbocycles. The molecular weight excluding hydrogens is 538 g/mol. The molecule has 0 aliphatic carbocycles. The maximum atomic E-state index is 14.8. The number of fused-ring (bicyclic) bond motifs is 1. The Morgan fingerprint density at radius 2 is 1.37 bits per heavy atom. The summed E-state index contributed by atoms with van der Waals surface area (Å²) in [6, 6.07) is 11.1. The fourth-order valence-electron chi connectivity index (χ4n) is 3.83. The molecule has 0 fully saturated rings. The van der Waals surface area contributed by atoms with Gasteiger partial charge in [-0.2, -0.15) is 8.78 Å². The molecule has 194 valence electrons. The van der Waals surface area contributed by atoms with Gasteiger partial charge < -0.3 is 4.74 Å². The van der Waals surface area contributed by atoms with E-state index < -0.39 is 52.3 Å². The van der Waals surface area contributed by atoms with Crippen LogP contribution in [0.4, 0.5) is 35.1 Å². The number of rotatable bonds is 5.